The van der Waals surface area contributed by atoms with E-state index in [4.69, 9.17) is 5.11 Å². The minimum atomic E-state index is -0.918. The van der Waals surface area contributed by atoms with Crippen LogP contribution in [-0.4, -0.2) is 47.0 Å². The average Bonchev–Trinajstić information content (AvgIpc) is 2.56. The fraction of sp³-hybridized carbons (Fsp3) is 0.636. The van der Waals surface area contributed by atoms with E-state index in [1.165, 1.54) is 11.5 Å². The van der Waals surface area contributed by atoms with Gasteiger partial charge in [0.1, 0.15) is 10.6 Å². The maximum atomic E-state index is 11.1. The Labute approximate surface area is 106 Å². The van der Waals surface area contributed by atoms with Gasteiger partial charge >= 0.3 is 5.97 Å². The van der Waals surface area contributed by atoms with Crippen LogP contribution in [0, 0.1) is 6.92 Å². The van der Waals surface area contributed by atoms with Gasteiger partial charge in [-0.05, 0) is 52.4 Å². The molecule has 1 aromatic heterocycles. The molecule has 0 spiro atoms. The number of aromatic nitrogens is 1. The Morgan fingerprint density at radius 1 is 1.59 bits per heavy atom. The summed E-state index contributed by atoms with van der Waals surface area (Å²) in [6.07, 6.45) is 0.961. The Morgan fingerprint density at radius 3 is 2.76 bits per heavy atom. The molecular formula is C11H19N3O2S. The van der Waals surface area contributed by atoms with Gasteiger partial charge in [0, 0.05) is 6.04 Å². The summed E-state index contributed by atoms with van der Waals surface area (Å²) in [5.74, 6) is -0.918. The van der Waals surface area contributed by atoms with Crippen LogP contribution in [0.3, 0.4) is 0 Å². The lowest BCUT2D eigenvalue weighted by molar-refractivity contribution is 0.0697. The van der Waals surface area contributed by atoms with Crippen LogP contribution in [0.25, 0.3) is 0 Å². The van der Waals surface area contributed by atoms with Crippen molar-refractivity contribution in [1.82, 2.24) is 9.27 Å². The smallest absolute Gasteiger partial charge is 0.340 e. The summed E-state index contributed by atoms with van der Waals surface area (Å²) in [6.45, 7) is 4.73. The first-order valence-corrected chi connectivity index (χ1v) is 6.30. The van der Waals surface area contributed by atoms with Gasteiger partial charge in [-0.2, -0.15) is 4.37 Å². The normalized spacial score (nSPS) is 12.8. The predicted molar refractivity (Wildman–Crippen MR) is 70.1 cm³/mol. The van der Waals surface area contributed by atoms with Crippen molar-refractivity contribution in [1.29, 1.82) is 0 Å². The van der Waals surface area contributed by atoms with Crippen molar-refractivity contribution in [3.8, 4) is 0 Å². The van der Waals surface area contributed by atoms with E-state index in [1.807, 2.05) is 21.0 Å². The van der Waals surface area contributed by atoms with Crippen molar-refractivity contribution >= 4 is 22.5 Å². The molecule has 0 amide bonds. The molecule has 0 aliphatic rings. The van der Waals surface area contributed by atoms with Crippen molar-refractivity contribution in [3.05, 3.63) is 11.3 Å². The molecule has 6 heteroatoms. The summed E-state index contributed by atoms with van der Waals surface area (Å²) >= 11 is 1.21. The van der Waals surface area contributed by atoms with Gasteiger partial charge in [0.2, 0.25) is 0 Å². The number of nitrogens with zero attached hydrogens (tertiary/aromatic N) is 2. The number of carboxylic acids is 1. The highest BCUT2D eigenvalue weighted by Gasteiger charge is 2.18. The SMILES string of the molecule is Cc1nsc(NC(C)CCN(C)C)c1C(=O)O. The number of hydrogen-bond donors (Lipinski definition) is 2. The van der Waals surface area contributed by atoms with Crippen molar-refractivity contribution in [2.45, 2.75) is 26.3 Å². The van der Waals surface area contributed by atoms with Gasteiger partial charge < -0.3 is 15.3 Å². The molecule has 1 unspecified atom stereocenters. The second-order valence-electron chi connectivity index (χ2n) is 4.41. The Hall–Kier alpha value is -1.14. The third-order valence-electron chi connectivity index (χ3n) is 2.46. The molecule has 1 rings (SSSR count). The molecule has 1 atom stereocenters. The fourth-order valence-corrected chi connectivity index (χ4v) is 2.37. The molecule has 0 fully saturated rings. The number of anilines is 1. The maximum Gasteiger partial charge on any atom is 0.340 e. The van der Waals surface area contributed by atoms with Gasteiger partial charge in [0.15, 0.2) is 0 Å². The lowest BCUT2D eigenvalue weighted by Crippen LogP contribution is -2.23. The first kappa shape index (κ1) is 13.9. The van der Waals surface area contributed by atoms with Crippen LogP contribution >= 0.6 is 11.5 Å². The molecule has 0 aliphatic carbocycles. The number of nitrogens with one attached hydrogen (secondary N) is 1. The van der Waals surface area contributed by atoms with Crippen LogP contribution in [0.1, 0.15) is 29.4 Å². The Bertz CT molecular complexity index is 390. The van der Waals surface area contributed by atoms with Gasteiger partial charge in [0.05, 0.1) is 5.69 Å². The van der Waals surface area contributed by atoms with Crippen LogP contribution in [0.5, 0.6) is 0 Å². The van der Waals surface area contributed by atoms with Gasteiger partial charge in [-0.3, -0.25) is 0 Å². The third-order valence-corrected chi connectivity index (χ3v) is 3.33. The van der Waals surface area contributed by atoms with Crippen molar-refractivity contribution in [3.63, 3.8) is 0 Å². The minimum absolute atomic E-state index is 0.232. The van der Waals surface area contributed by atoms with E-state index in [0.29, 0.717) is 16.3 Å². The van der Waals surface area contributed by atoms with Crippen molar-refractivity contribution in [2.24, 2.45) is 0 Å². The zero-order chi connectivity index (χ0) is 13.0. The molecule has 96 valence electrons. The van der Waals surface area contributed by atoms with Crippen LogP contribution in [0.2, 0.25) is 0 Å². The summed E-state index contributed by atoms with van der Waals surface area (Å²) in [5, 5.41) is 13.0. The molecule has 0 saturated heterocycles. The molecule has 1 aromatic rings. The Balaban J connectivity index is 2.65. The summed E-state index contributed by atoms with van der Waals surface area (Å²) in [7, 11) is 4.04. The Morgan fingerprint density at radius 2 is 2.24 bits per heavy atom. The van der Waals surface area contributed by atoms with E-state index in [9.17, 15) is 4.79 Å². The second kappa shape index (κ2) is 5.97. The number of aryl methyl sites for hydroxylation is 1. The largest absolute Gasteiger partial charge is 0.478 e. The number of rotatable bonds is 6. The molecular weight excluding hydrogens is 238 g/mol. The third kappa shape index (κ3) is 3.98. The molecule has 2 N–H and O–H groups in total. The monoisotopic (exact) mass is 257 g/mol. The molecule has 5 nitrogen and oxygen atoms in total. The van der Waals surface area contributed by atoms with E-state index in [1.54, 1.807) is 6.92 Å². The van der Waals surface area contributed by atoms with E-state index in [0.717, 1.165) is 13.0 Å². The topological polar surface area (TPSA) is 65.5 Å². The van der Waals surface area contributed by atoms with Gasteiger partial charge in [-0.15, -0.1) is 0 Å². The van der Waals surface area contributed by atoms with E-state index >= 15 is 0 Å². The molecule has 0 aliphatic heterocycles. The van der Waals surface area contributed by atoms with Crippen LogP contribution < -0.4 is 5.32 Å². The molecule has 17 heavy (non-hydrogen) atoms. The number of aromatic carboxylic acids is 1. The first-order chi connectivity index (χ1) is 7.91. The van der Waals surface area contributed by atoms with Gasteiger partial charge in [-0.25, -0.2) is 4.79 Å². The van der Waals surface area contributed by atoms with Crippen LogP contribution in [0.4, 0.5) is 5.00 Å². The van der Waals surface area contributed by atoms with Crippen LogP contribution in [0.15, 0.2) is 0 Å². The quantitative estimate of drug-likeness (QED) is 0.815. The second-order valence-corrected chi connectivity index (χ2v) is 5.19. The van der Waals surface area contributed by atoms with Crippen molar-refractivity contribution < 1.29 is 9.90 Å². The zero-order valence-electron chi connectivity index (χ0n) is 10.6. The first-order valence-electron chi connectivity index (χ1n) is 5.52. The van der Waals surface area contributed by atoms with Crippen molar-refractivity contribution in [2.75, 3.05) is 26.0 Å². The minimum Gasteiger partial charge on any atom is -0.478 e. The summed E-state index contributed by atoms with van der Waals surface area (Å²) in [5.41, 5.74) is 0.872. The summed E-state index contributed by atoms with van der Waals surface area (Å²) in [4.78, 5) is 13.2. The highest BCUT2D eigenvalue weighted by Crippen LogP contribution is 2.25. The Kier molecular flexibility index (Phi) is 4.89. The lowest BCUT2D eigenvalue weighted by atomic mass is 10.2. The van der Waals surface area contributed by atoms with E-state index in [-0.39, 0.29) is 6.04 Å². The van der Waals surface area contributed by atoms with E-state index < -0.39 is 5.97 Å². The number of carbonyl (C=O) groups is 1. The summed E-state index contributed by atoms with van der Waals surface area (Å²) in [6, 6.07) is 0.232. The molecule has 1 heterocycles. The standard InChI is InChI=1S/C11H19N3O2S/c1-7(5-6-14(3)4)12-10-9(11(15)16)8(2)13-17-10/h7,12H,5-6H2,1-4H3,(H,15,16). The fourth-order valence-electron chi connectivity index (χ4n) is 1.47. The highest BCUT2D eigenvalue weighted by atomic mass is 32.1. The predicted octanol–water partition coefficient (Wildman–Crippen LogP) is 1.90. The highest BCUT2D eigenvalue weighted by molar-refractivity contribution is 7.10. The number of hydrogen-bond acceptors (Lipinski definition) is 5. The molecule has 0 bridgehead atoms. The molecule has 0 saturated carbocycles. The maximum absolute atomic E-state index is 11.1. The lowest BCUT2D eigenvalue weighted by Gasteiger charge is -2.16. The van der Waals surface area contributed by atoms with Gasteiger partial charge in [-0.1, -0.05) is 0 Å². The van der Waals surface area contributed by atoms with Gasteiger partial charge in [0.25, 0.3) is 0 Å². The molecule has 0 radical (unpaired) electrons. The van der Waals surface area contributed by atoms with E-state index in [2.05, 4.69) is 14.6 Å². The zero-order valence-corrected chi connectivity index (χ0v) is 11.5. The number of carboxylic acid groups (broad SMARTS) is 1. The summed E-state index contributed by atoms with van der Waals surface area (Å²) < 4.78 is 4.07. The van der Waals surface area contributed by atoms with Crippen LogP contribution in [-0.2, 0) is 0 Å². The average molecular weight is 257 g/mol. The molecule has 0 aromatic carbocycles.